The summed E-state index contributed by atoms with van der Waals surface area (Å²) in [6.07, 6.45) is 0.111. The smallest absolute Gasteiger partial charge is 0.343 e. The summed E-state index contributed by atoms with van der Waals surface area (Å²) in [6.45, 7) is 3.29. The molecule has 0 saturated heterocycles. The molecule has 6 rings (SSSR count). The van der Waals surface area contributed by atoms with Crippen molar-refractivity contribution in [3.05, 3.63) is 61.9 Å². The highest BCUT2D eigenvalue weighted by Crippen LogP contribution is 2.41. The summed E-state index contributed by atoms with van der Waals surface area (Å²) < 4.78 is 12.4. The van der Waals surface area contributed by atoms with Gasteiger partial charge in [0.15, 0.2) is 5.60 Å². The molecule has 8 nitrogen and oxygen atoms in total. The predicted octanol–water partition coefficient (Wildman–Crippen LogP) is 1.57. The molecule has 5 heterocycles. The van der Waals surface area contributed by atoms with Crippen LogP contribution in [-0.2, 0) is 52.8 Å². The van der Waals surface area contributed by atoms with Crippen LogP contribution in [0.2, 0.25) is 0 Å². The van der Waals surface area contributed by atoms with Gasteiger partial charge in [-0.2, -0.15) is 0 Å². The second kappa shape index (κ2) is 6.23. The first-order valence-electron chi connectivity index (χ1n) is 10.4. The average molecular weight is 419 g/mol. The summed E-state index contributed by atoms with van der Waals surface area (Å²) in [4.78, 5) is 30.6. The van der Waals surface area contributed by atoms with E-state index in [0.717, 1.165) is 33.2 Å². The Morgan fingerprint density at radius 3 is 2.81 bits per heavy atom. The molecule has 3 N–H and O–H groups in total. The lowest BCUT2D eigenvalue weighted by Gasteiger charge is -2.31. The molecule has 0 fully saturated rings. The molecule has 2 aromatic heterocycles. The van der Waals surface area contributed by atoms with Crippen molar-refractivity contribution in [1.82, 2.24) is 9.55 Å². The van der Waals surface area contributed by atoms with Crippen molar-refractivity contribution < 1.29 is 19.4 Å². The number of carbonyl (C=O) groups is 1. The minimum absolute atomic E-state index is 0.111. The van der Waals surface area contributed by atoms with E-state index < -0.39 is 11.6 Å². The first kappa shape index (κ1) is 18.7. The summed E-state index contributed by atoms with van der Waals surface area (Å²) in [6, 6.07) is 5.70. The molecule has 1 aromatic carbocycles. The number of benzene rings is 1. The molecule has 0 aliphatic carbocycles. The number of aliphatic hydroxyl groups is 1. The molecule has 0 spiro atoms. The molecular formula is C23H21N3O5. The van der Waals surface area contributed by atoms with Crippen LogP contribution in [0.1, 0.15) is 46.7 Å². The number of aromatic nitrogens is 2. The molecule has 8 heteroatoms. The second-order valence-corrected chi connectivity index (χ2v) is 8.31. The lowest BCUT2D eigenvalue weighted by atomic mass is 9.86. The molecule has 3 aliphatic rings. The second-order valence-electron chi connectivity index (χ2n) is 8.31. The minimum atomic E-state index is -1.84. The lowest BCUT2D eigenvalue weighted by molar-refractivity contribution is -0.172. The van der Waals surface area contributed by atoms with Gasteiger partial charge in [0.2, 0.25) is 0 Å². The number of nitrogens with zero attached hydrogens (tertiary/aromatic N) is 2. The van der Waals surface area contributed by atoms with Crippen molar-refractivity contribution in [2.75, 3.05) is 0 Å². The quantitative estimate of drug-likeness (QED) is 0.474. The fraction of sp³-hybridized carbons (Fsp3) is 0.348. The standard InChI is InChI=1S/C23H21N3O5/c1-2-23(29)16-5-18-20-13(7-26(18)21(27)15(16)10-31-22(23)28)12(6-24)19-14-9-30-8-11(14)3-4-17(19)25-20/h3-5,29H,2,6-10,24H2,1H3/t23-/m0/s1. The summed E-state index contributed by atoms with van der Waals surface area (Å²) in [5.74, 6) is -0.727. The number of pyridine rings is 2. The van der Waals surface area contributed by atoms with Crippen LogP contribution in [0, 0.1) is 0 Å². The molecule has 0 unspecified atom stereocenters. The monoisotopic (exact) mass is 419 g/mol. The lowest BCUT2D eigenvalue weighted by Crippen LogP contribution is -2.44. The van der Waals surface area contributed by atoms with Crippen LogP contribution < -0.4 is 11.3 Å². The number of esters is 1. The van der Waals surface area contributed by atoms with E-state index in [2.05, 4.69) is 0 Å². The van der Waals surface area contributed by atoms with E-state index >= 15 is 0 Å². The van der Waals surface area contributed by atoms with E-state index in [0.29, 0.717) is 48.8 Å². The highest BCUT2D eigenvalue weighted by Gasteiger charge is 2.45. The van der Waals surface area contributed by atoms with Crippen LogP contribution in [0.3, 0.4) is 0 Å². The number of ether oxygens (including phenoxy) is 2. The van der Waals surface area contributed by atoms with Gasteiger partial charge in [0.05, 0.1) is 42.2 Å². The van der Waals surface area contributed by atoms with E-state index in [1.807, 2.05) is 12.1 Å². The van der Waals surface area contributed by atoms with Gasteiger partial charge < -0.3 is 24.9 Å². The van der Waals surface area contributed by atoms with Crippen LogP contribution in [0.5, 0.6) is 0 Å². The van der Waals surface area contributed by atoms with E-state index in [9.17, 15) is 14.7 Å². The molecule has 0 amide bonds. The Morgan fingerprint density at radius 1 is 1.19 bits per heavy atom. The number of carbonyl (C=O) groups excluding carboxylic acids is 1. The fourth-order valence-corrected chi connectivity index (χ4v) is 5.17. The molecule has 3 aromatic rings. The maximum atomic E-state index is 13.3. The van der Waals surface area contributed by atoms with Crippen molar-refractivity contribution in [3.63, 3.8) is 0 Å². The Labute approximate surface area is 177 Å². The Bertz CT molecular complexity index is 1380. The van der Waals surface area contributed by atoms with Crippen molar-refractivity contribution in [3.8, 4) is 11.4 Å². The van der Waals surface area contributed by atoms with E-state index in [1.54, 1.807) is 17.6 Å². The van der Waals surface area contributed by atoms with Crippen LogP contribution in [0.25, 0.3) is 22.3 Å². The fourth-order valence-electron chi connectivity index (χ4n) is 5.17. The molecule has 31 heavy (non-hydrogen) atoms. The van der Waals surface area contributed by atoms with Gasteiger partial charge in [0.1, 0.15) is 6.61 Å². The SMILES string of the molecule is CC[C@@]1(O)C(=O)OCc2c1cc1n(c2=O)Cc2c-1nc1ccc3c(c1c2CN)COC3. The van der Waals surface area contributed by atoms with Crippen molar-refractivity contribution in [2.45, 2.75) is 51.9 Å². The molecule has 0 radical (unpaired) electrons. The number of fused-ring (bicyclic) bond motifs is 7. The number of nitrogens with two attached hydrogens (primary N) is 1. The Hall–Kier alpha value is -3.07. The molecule has 0 saturated carbocycles. The maximum Gasteiger partial charge on any atom is 0.343 e. The topological polar surface area (TPSA) is 117 Å². The zero-order valence-corrected chi connectivity index (χ0v) is 17.0. The molecule has 158 valence electrons. The van der Waals surface area contributed by atoms with Gasteiger partial charge >= 0.3 is 5.97 Å². The number of hydrogen-bond acceptors (Lipinski definition) is 7. The zero-order chi connectivity index (χ0) is 21.5. The van der Waals surface area contributed by atoms with Crippen molar-refractivity contribution in [2.24, 2.45) is 5.73 Å². The van der Waals surface area contributed by atoms with Crippen LogP contribution >= 0.6 is 0 Å². The van der Waals surface area contributed by atoms with Crippen LogP contribution in [0.4, 0.5) is 0 Å². The first-order chi connectivity index (χ1) is 15.0. The first-order valence-corrected chi connectivity index (χ1v) is 10.4. The summed E-state index contributed by atoms with van der Waals surface area (Å²) in [5.41, 5.74) is 10.9. The van der Waals surface area contributed by atoms with Gasteiger partial charge in [-0.25, -0.2) is 9.78 Å². The van der Waals surface area contributed by atoms with Crippen molar-refractivity contribution in [1.29, 1.82) is 0 Å². The van der Waals surface area contributed by atoms with Gasteiger partial charge in [0, 0.05) is 23.1 Å². The highest BCUT2D eigenvalue weighted by atomic mass is 16.6. The highest BCUT2D eigenvalue weighted by molar-refractivity contribution is 5.92. The number of rotatable bonds is 2. The van der Waals surface area contributed by atoms with Crippen LogP contribution in [-0.4, -0.2) is 20.6 Å². The van der Waals surface area contributed by atoms with Gasteiger partial charge in [-0.15, -0.1) is 0 Å². The number of cyclic esters (lactones) is 1. The zero-order valence-electron chi connectivity index (χ0n) is 17.0. The molecule has 3 aliphatic heterocycles. The molecule has 0 bridgehead atoms. The Kier molecular flexibility index (Phi) is 3.75. The average Bonchev–Trinajstić information content (AvgIpc) is 3.40. The summed E-state index contributed by atoms with van der Waals surface area (Å²) in [5, 5.41) is 12.0. The summed E-state index contributed by atoms with van der Waals surface area (Å²) >= 11 is 0. The molecular weight excluding hydrogens is 398 g/mol. The third-order valence-corrected chi connectivity index (χ3v) is 6.88. The van der Waals surface area contributed by atoms with Crippen LogP contribution in [0.15, 0.2) is 23.0 Å². The van der Waals surface area contributed by atoms with E-state index in [4.69, 9.17) is 20.2 Å². The third kappa shape index (κ3) is 2.27. The number of hydrogen-bond donors (Lipinski definition) is 2. The summed E-state index contributed by atoms with van der Waals surface area (Å²) in [7, 11) is 0. The normalized spacial score (nSPS) is 20.9. The Balaban J connectivity index is 1.66. The van der Waals surface area contributed by atoms with Gasteiger partial charge in [0.25, 0.3) is 5.56 Å². The minimum Gasteiger partial charge on any atom is -0.458 e. The maximum absolute atomic E-state index is 13.3. The van der Waals surface area contributed by atoms with E-state index in [1.165, 1.54) is 0 Å². The van der Waals surface area contributed by atoms with Gasteiger partial charge in [-0.1, -0.05) is 13.0 Å². The van der Waals surface area contributed by atoms with Gasteiger partial charge in [-0.05, 0) is 35.2 Å². The largest absolute Gasteiger partial charge is 0.458 e. The molecule has 1 atom stereocenters. The third-order valence-electron chi connectivity index (χ3n) is 6.88. The predicted molar refractivity (Wildman–Crippen MR) is 111 cm³/mol. The van der Waals surface area contributed by atoms with Crippen molar-refractivity contribution >= 4 is 16.9 Å². The Morgan fingerprint density at radius 2 is 2.03 bits per heavy atom. The van der Waals surface area contributed by atoms with E-state index in [-0.39, 0.29) is 18.6 Å². The van der Waals surface area contributed by atoms with Gasteiger partial charge in [-0.3, -0.25) is 4.79 Å².